The molecule has 3 nitrogen and oxygen atoms in total. The van der Waals surface area contributed by atoms with Gasteiger partial charge >= 0.3 is 0 Å². The Morgan fingerprint density at radius 2 is 2.00 bits per heavy atom. The number of amides is 1. The Labute approximate surface area is 132 Å². The Morgan fingerprint density at radius 3 is 2.60 bits per heavy atom. The molecule has 0 atom stereocenters. The Morgan fingerprint density at radius 1 is 1.35 bits per heavy atom. The number of carbonyl (C=O) groups excluding carboxylic acids is 1. The number of rotatable bonds is 4. The van der Waals surface area contributed by atoms with Crippen LogP contribution in [0, 0.1) is 0 Å². The van der Waals surface area contributed by atoms with Crippen molar-refractivity contribution in [1.29, 1.82) is 0 Å². The lowest BCUT2D eigenvalue weighted by Crippen LogP contribution is -2.28. The molecule has 2 rings (SSSR count). The van der Waals surface area contributed by atoms with Gasteiger partial charge in [0.05, 0.1) is 5.02 Å². The van der Waals surface area contributed by atoms with Gasteiger partial charge in [0, 0.05) is 30.8 Å². The van der Waals surface area contributed by atoms with Crippen molar-refractivity contribution < 1.29 is 4.79 Å². The molecule has 5 heteroatoms. The minimum Gasteiger partial charge on any atom is -0.342 e. The number of aryl methyl sites for hydroxylation is 1. The first-order valence-corrected chi connectivity index (χ1v) is 7.54. The smallest absolute Gasteiger partial charge is 0.270 e. The summed E-state index contributed by atoms with van der Waals surface area (Å²) in [6.45, 7) is 3.28. The van der Waals surface area contributed by atoms with Crippen LogP contribution in [0.1, 0.15) is 23.0 Å². The Hall–Kier alpha value is -1.26. The molecule has 1 amide bonds. The Kier molecular flexibility index (Phi) is 4.89. The molecule has 1 aromatic carbocycles. The fourth-order valence-corrected chi connectivity index (χ4v) is 2.53. The minimum absolute atomic E-state index is 0.0262. The van der Waals surface area contributed by atoms with Crippen LogP contribution in [-0.4, -0.2) is 22.4 Å². The molecular weight excluding hydrogens is 340 g/mol. The number of benzene rings is 1. The molecule has 106 valence electrons. The van der Waals surface area contributed by atoms with E-state index in [2.05, 4.69) is 15.9 Å². The van der Waals surface area contributed by atoms with E-state index in [0.29, 0.717) is 17.3 Å². The summed E-state index contributed by atoms with van der Waals surface area (Å²) in [5, 5.41) is 0.590. The van der Waals surface area contributed by atoms with E-state index in [0.717, 1.165) is 16.6 Å². The zero-order valence-electron chi connectivity index (χ0n) is 11.4. The monoisotopic (exact) mass is 354 g/mol. The Balaban J connectivity index is 2.14. The van der Waals surface area contributed by atoms with Crippen molar-refractivity contribution >= 4 is 33.4 Å². The van der Waals surface area contributed by atoms with Crippen molar-refractivity contribution in [2.45, 2.75) is 20.0 Å². The SMILES string of the molecule is CCn1cc(Cl)cc1C(=O)N(C)Cc1ccc(Br)cc1. The standard InChI is InChI=1S/C15H16BrClN2O/c1-3-19-10-13(17)8-14(19)15(20)18(2)9-11-4-6-12(16)7-5-11/h4-8,10H,3,9H2,1-2H3. The summed E-state index contributed by atoms with van der Waals surface area (Å²) in [7, 11) is 1.80. The van der Waals surface area contributed by atoms with E-state index in [1.807, 2.05) is 35.8 Å². The van der Waals surface area contributed by atoms with Gasteiger partial charge in [-0.2, -0.15) is 0 Å². The van der Waals surface area contributed by atoms with E-state index in [1.54, 1.807) is 24.2 Å². The van der Waals surface area contributed by atoms with Crippen molar-refractivity contribution in [3.8, 4) is 0 Å². The molecule has 0 N–H and O–H groups in total. The number of nitrogens with zero attached hydrogens (tertiary/aromatic N) is 2. The average Bonchev–Trinajstić information content (AvgIpc) is 2.81. The Bertz CT molecular complexity index is 607. The largest absolute Gasteiger partial charge is 0.342 e. The molecule has 0 saturated heterocycles. The van der Waals surface area contributed by atoms with E-state index in [4.69, 9.17) is 11.6 Å². The summed E-state index contributed by atoms with van der Waals surface area (Å²) in [5.74, 6) is -0.0262. The van der Waals surface area contributed by atoms with Gasteiger partial charge in [0.15, 0.2) is 0 Å². The summed E-state index contributed by atoms with van der Waals surface area (Å²) < 4.78 is 2.89. The summed E-state index contributed by atoms with van der Waals surface area (Å²) in [5.41, 5.74) is 1.71. The lowest BCUT2D eigenvalue weighted by atomic mass is 10.2. The highest BCUT2D eigenvalue weighted by Crippen LogP contribution is 2.17. The molecule has 0 unspecified atom stereocenters. The number of aromatic nitrogens is 1. The van der Waals surface area contributed by atoms with Gasteiger partial charge in [-0.1, -0.05) is 39.7 Å². The van der Waals surface area contributed by atoms with Gasteiger partial charge in [0.25, 0.3) is 5.91 Å². The lowest BCUT2D eigenvalue weighted by molar-refractivity contribution is 0.0774. The van der Waals surface area contributed by atoms with Crippen molar-refractivity contribution in [3.05, 3.63) is 57.3 Å². The summed E-state index contributed by atoms with van der Waals surface area (Å²) in [6.07, 6.45) is 1.78. The molecule has 0 fully saturated rings. The van der Waals surface area contributed by atoms with E-state index in [1.165, 1.54) is 0 Å². The number of hydrogen-bond acceptors (Lipinski definition) is 1. The van der Waals surface area contributed by atoms with Gasteiger partial charge in [-0.15, -0.1) is 0 Å². The summed E-state index contributed by atoms with van der Waals surface area (Å²) in [6, 6.07) is 9.66. The minimum atomic E-state index is -0.0262. The van der Waals surface area contributed by atoms with E-state index in [9.17, 15) is 4.79 Å². The highest BCUT2D eigenvalue weighted by atomic mass is 79.9. The second kappa shape index (κ2) is 6.46. The molecule has 0 radical (unpaired) electrons. The van der Waals surface area contributed by atoms with Crippen LogP contribution in [0.25, 0.3) is 0 Å². The molecule has 0 aliphatic rings. The molecule has 0 aliphatic carbocycles. The van der Waals surface area contributed by atoms with Gasteiger partial charge < -0.3 is 9.47 Å². The number of halogens is 2. The van der Waals surface area contributed by atoms with E-state index >= 15 is 0 Å². The second-order valence-corrected chi connectivity index (χ2v) is 5.97. The zero-order chi connectivity index (χ0) is 14.7. The zero-order valence-corrected chi connectivity index (χ0v) is 13.8. The highest BCUT2D eigenvalue weighted by Gasteiger charge is 2.16. The van der Waals surface area contributed by atoms with Crippen molar-refractivity contribution in [2.24, 2.45) is 0 Å². The molecule has 0 bridgehead atoms. The molecular formula is C15H16BrClN2O. The molecule has 0 saturated carbocycles. The number of carbonyl (C=O) groups is 1. The maximum absolute atomic E-state index is 12.4. The third kappa shape index (κ3) is 3.44. The topological polar surface area (TPSA) is 25.2 Å². The fraction of sp³-hybridized carbons (Fsp3) is 0.267. The van der Waals surface area contributed by atoms with Crippen LogP contribution in [-0.2, 0) is 13.1 Å². The highest BCUT2D eigenvalue weighted by molar-refractivity contribution is 9.10. The number of hydrogen-bond donors (Lipinski definition) is 0. The predicted molar refractivity (Wildman–Crippen MR) is 85.1 cm³/mol. The quantitative estimate of drug-likeness (QED) is 0.807. The van der Waals surface area contributed by atoms with Crippen LogP contribution in [0.15, 0.2) is 41.0 Å². The second-order valence-electron chi connectivity index (χ2n) is 4.62. The molecule has 1 heterocycles. The van der Waals surface area contributed by atoms with Crippen molar-refractivity contribution in [1.82, 2.24) is 9.47 Å². The maximum Gasteiger partial charge on any atom is 0.270 e. The van der Waals surface area contributed by atoms with Gasteiger partial charge in [-0.05, 0) is 30.7 Å². The lowest BCUT2D eigenvalue weighted by Gasteiger charge is -2.18. The van der Waals surface area contributed by atoms with Crippen molar-refractivity contribution in [2.75, 3.05) is 7.05 Å². The van der Waals surface area contributed by atoms with Gasteiger partial charge in [0.2, 0.25) is 0 Å². The van der Waals surface area contributed by atoms with Crippen LogP contribution < -0.4 is 0 Å². The van der Waals surface area contributed by atoms with Crippen molar-refractivity contribution in [3.63, 3.8) is 0 Å². The van der Waals surface area contributed by atoms with Crippen LogP contribution in [0.2, 0.25) is 5.02 Å². The summed E-state index contributed by atoms with van der Waals surface area (Å²) >= 11 is 9.37. The average molecular weight is 356 g/mol. The van der Waals surface area contributed by atoms with Crippen LogP contribution in [0.5, 0.6) is 0 Å². The molecule has 0 spiro atoms. The molecule has 0 aliphatic heterocycles. The maximum atomic E-state index is 12.4. The molecule has 20 heavy (non-hydrogen) atoms. The van der Waals surface area contributed by atoms with Gasteiger partial charge in [-0.3, -0.25) is 4.79 Å². The van der Waals surface area contributed by atoms with E-state index in [-0.39, 0.29) is 5.91 Å². The molecule has 1 aromatic heterocycles. The fourth-order valence-electron chi connectivity index (χ4n) is 2.05. The van der Waals surface area contributed by atoms with Crippen LogP contribution in [0.4, 0.5) is 0 Å². The van der Waals surface area contributed by atoms with Gasteiger partial charge in [-0.25, -0.2) is 0 Å². The first-order valence-electron chi connectivity index (χ1n) is 6.37. The normalized spacial score (nSPS) is 10.6. The molecule has 2 aromatic rings. The van der Waals surface area contributed by atoms with E-state index < -0.39 is 0 Å². The first-order chi connectivity index (χ1) is 9.51. The predicted octanol–water partition coefficient (Wildman–Crippen LogP) is 4.20. The van der Waals surface area contributed by atoms with Crippen LogP contribution >= 0.6 is 27.5 Å². The summed E-state index contributed by atoms with van der Waals surface area (Å²) in [4.78, 5) is 14.1. The van der Waals surface area contributed by atoms with Gasteiger partial charge in [0.1, 0.15) is 5.69 Å². The first kappa shape index (κ1) is 15.1. The third-order valence-electron chi connectivity index (χ3n) is 3.10. The third-order valence-corrected chi connectivity index (χ3v) is 3.84. The van der Waals surface area contributed by atoms with Crippen LogP contribution in [0.3, 0.4) is 0 Å².